The Labute approximate surface area is 144 Å². The van der Waals surface area contributed by atoms with Gasteiger partial charge in [0.25, 0.3) is 0 Å². The van der Waals surface area contributed by atoms with Crippen molar-refractivity contribution in [1.82, 2.24) is 0 Å². The first-order valence-electron chi connectivity index (χ1n) is 7.98. The average molecular weight is 323 g/mol. The highest BCUT2D eigenvalue weighted by atomic mass is 16.5. The van der Waals surface area contributed by atoms with E-state index in [-0.39, 0.29) is 5.75 Å². The van der Waals surface area contributed by atoms with Crippen molar-refractivity contribution in [3.8, 4) is 11.5 Å². The van der Waals surface area contributed by atoms with E-state index in [1.165, 1.54) is 11.1 Å². The Kier molecular flexibility index (Phi) is 5.69. The van der Waals surface area contributed by atoms with Crippen LogP contribution in [0.3, 0.4) is 0 Å². The van der Waals surface area contributed by atoms with Crippen molar-refractivity contribution in [2.45, 2.75) is 27.2 Å². The molecule has 0 unspecified atom stereocenters. The van der Waals surface area contributed by atoms with Crippen molar-refractivity contribution in [3.63, 3.8) is 0 Å². The molecule has 0 amide bonds. The molecule has 0 saturated heterocycles. The van der Waals surface area contributed by atoms with Gasteiger partial charge in [-0.3, -0.25) is 0 Å². The summed E-state index contributed by atoms with van der Waals surface area (Å²) in [6.45, 7) is 6.20. The maximum absolute atomic E-state index is 9.93. The lowest BCUT2D eigenvalue weighted by molar-refractivity contribution is 0.417. The Morgan fingerprint density at radius 3 is 2.58 bits per heavy atom. The molecule has 3 nitrogen and oxygen atoms in total. The fourth-order valence-electron chi connectivity index (χ4n) is 2.58. The van der Waals surface area contributed by atoms with E-state index in [9.17, 15) is 5.11 Å². The summed E-state index contributed by atoms with van der Waals surface area (Å²) >= 11 is 0. The first-order valence-corrected chi connectivity index (χ1v) is 7.98. The van der Waals surface area contributed by atoms with Crippen LogP contribution in [0.25, 0.3) is 12.2 Å². The normalized spacial score (nSPS) is 10.8. The first-order chi connectivity index (χ1) is 11.4. The van der Waals surface area contributed by atoms with Crippen LogP contribution in [0.4, 0.5) is 5.69 Å². The van der Waals surface area contributed by atoms with Crippen molar-refractivity contribution >= 4 is 17.8 Å². The molecule has 126 valence electrons. The highest BCUT2D eigenvalue weighted by molar-refractivity contribution is 5.74. The van der Waals surface area contributed by atoms with Crippen molar-refractivity contribution in [2.75, 3.05) is 12.8 Å². The second-order valence-corrected chi connectivity index (χ2v) is 6.15. The van der Waals surface area contributed by atoms with Gasteiger partial charge in [0.1, 0.15) is 11.5 Å². The number of methoxy groups -OCH3 is 1. The number of phenols is 1. The third-order valence-electron chi connectivity index (χ3n) is 3.92. The minimum Gasteiger partial charge on any atom is -0.508 e. The molecule has 0 aromatic heterocycles. The van der Waals surface area contributed by atoms with E-state index in [0.29, 0.717) is 11.4 Å². The molecular weight excluding hydrogens is 298 g/mol. The fraction of sp³-hybridized carbons (Fsp3) is 0.238. The SMILES string of the molecule is COc1cc(/C=C/c2cc(O)cc(C)c2CC=C(C)C)ccc1N. The summed E-state index contributed by atoms with van der Waals surface area (Å²) in [5.41, 5.74) is 12.1. The van der Waals surface area contributed by atoms with E-state index < -0.39 is 0 Å². The van der Waals surface area contributed by atoms with Gasteiger partial charge in [0.15, 0.2) is 0 Å². The van der Waals surface area contributed by atoms with Gasteiger partial charge in [-0.15, -0.1) is 0 Å². The van der Waals surface area contributed by atoms with Crippen LogP contribution >= 0.6 is 0 Å². The molecule has 2 rings (SSSR count). The van der Waals surface area contributed by atoms with E-state index in [2.05, 4.69) is 19.9 Å². The van der Waals surface area contributed by atoms with Crippen LogP contribution in [-0.2, 0) is 6.42 Å². The molecule has 3 N–H and O–H groups in total. The number of aryl methyl sites for hydroxylation is 1. The Bertz CT molecular complexity index is 785. The third-order valence-corrected chi connectivity index (χ3v) is 3.92. The number of nitrogens with two attached hydrogens (primary N) is 1. The molecule has 24 heavy (non-hydrogen) atoms. The molecule has 0 atom stereocenters. The molecule has 0 saturated carbocycles. The van der Waals surface area contributed by atoms with E-state index in [4.69, 9.17) is 10.5 Å². The van der Waals surface area contributed by atoms with Gasteiger partial charge < -0.3 is 15.6 Å². The minimum absolute atomic E-state index is 0.281. The van der Waals surface area contributed by atoms with E-state index in [1.54, 1.807) is 19.2 Å². The Balaban J connectivity index is 2.39. The fourth-order valence-corrected chi connectivity index (χ4v) is 2.58. The summed E-state index contributed by atoms with van der Waals surface area (Å²) in [5.74, 6) is 0.942. The van der Waals surface area contributed by atoms with Crippen LogP contribution in [0.2, 0.25) is 0 Å². The van der Waals surface area contributed by atoms with Crippen LogP contribution < -0.4 is 10.5 Å². The molecule has 0 aliphatic carbocycles. The number of ether oxygens (including phenoxy) is 1. The van der Waals surface area contributed by atoms with Crippen molar-refractivity contribution in [2.24, 2.45) is 0 Å². The average Bonchev–Trinajstić information content (AvgIpc) is 2.52. The highest BCUT2D eigenvalue weighted by Gasteiger charge is 2.06. The lowest BCUT2D eigenvalue weighted by Gasteiger charge is -2.10. The molecule has 2 aromatic carbocycles. The maximum Gasteiger partial charge on any atom is 0.142 e. The van der Waals surface area contributed by atoms with Gasteiger partial charge >= 0.3 is 0 Å². The summed E-state index contributed by atoms with van der Waals surface area (Å²) in [7, 11) is 1.61. The second kappa shape index (κ2) is 7.73. The predicted molar refractivity (Wildman–Crippen MR) is 102 cm³/mol. The second-order valence-electron chi connectivity index (χ2n) is 6.15. The number of nitrogen functional groups attached to an aromatic ring is 1. The van der Waals surface area contributed by atoms with Gasteiger partial charge in [0, 0.05) is 0 Å². The molecule has 0 aliphatic heterocycles. The number of hydrogen-bond donors (Lipinski definition) is 2. The number of anilines is 1. The van der Waals surface area contributed by atoms with E-state index in [0.717, 1.165) is 23.1 Å². The lowest BCUT2D eigenvalue weighted by atomic mass is 9.96. The number of phenolic OH excluding ortho intramolecular Hbond substituents is 1. The van der Waals surface area contributed by atoms with Crippen molar-refractivity contribution in [1.29, 1.82) is 0 Å². The molecule has 0 spiro atoms. The summed E-state index contributed by atoms with van der Waals surface area (Å²) in [6, 6.07) is 9.28. The molecule has 0 heterocycles. The third kappa shape index (κ3) is 4.42. The molecule has 0 aliphatic rings. The topological polar surface area (TPSA) is 55.5 Å². The lowest BCUT2D eigenvalue weighted by Crippen LogP contribution is -1.93. The van der Waals surface area contributed by atoms with Gasteiger partial charge in [0.2, 0.25) is 0 Å². The zero-order valence-electron chi connectivity index (χ0n) is 14.8. The molecule has 0 fully saturated rings. The summed E-state index contributed by atoms with van der Waals surface area (Å²) in [5, 5.41) is 9.93. The Hall–Kier alpha value is -2.68. The Morgan fingerprint density at radius 2 is 1.92 bits per heavy atom. The minimum atomic E-state index is 0.281. The molecule has 2 aromatic rings. The van der Waals surface area contributed by atoms with Gasteiger partial charge in [-0.05, 0) is 73.7 Å². The van der Waals surface area contributed by atoms with Crippen LogP contribution in [-0.4, -0.2) is 12.2 Å². The molecule has 0 bridgehead atoms. The zero-order chi connectivity index (χ0) is 17.7. The quantitative estimate of drug-likeness (QED) is 0.464. The molecule has 3 heteroatoms. The Morgan fingerprint density at radius 1 is 1.17 bits per heavy atom. The number of hydrogen-bond acceptors (Lipinski definition) is 3. The van der Waals surface area contributed by atoms with Crippen LogP contribution in [0.5, 0.6) is 11.5 Å². The monoisotopic (exact) mass is 323 g/mol. The van der Waals surface area contributed by atoms with E-state index in [1.807, 2.05) is 37.3 Å². The highest BCUT2D eigenvalue weighted by Crippen LogP contribution is 2.26. The number of benzene rings is 2. The van der Waals surface area contributed by atoms with Crippen LogP contribution in [0.1, 0.15) is 36.1 Å². The number of allylic oxidation sites excluding steroid dienone is 2. The molecular formula is C21H25NO2. The van der Waals surface area contributed by atoms with E-state index >= 15 is 0 Å². The number of rotatable bonds is 5. The zero-order valence-corrected chi connectivity index (χ0v) is 14.8. The van der Waals surface area contributed by atoms with Crippen LogP contribution in [0, 0.1) is 6.92 Å². The summed E-state index contributed by atoms with van der Waals surface area (Å²) in [4.78, 5) is 0. The van der Waals surface area contributed by atoms with Crippen molar-refractivity contribution in [3.05, 3.63) is 64.2 Å². The maximum atomic E-state index is 9.93. The summed E-state index contributed by atoms with van der Waals surface area (Å²) in [6.07, 6.45) is 7.07. The van der Waals surface area contributed by atoms with Gasteiger partial charge in [-0.25, -0.2) is 0 Å². The largest absolute Gasteiger partial charge is 0.508 e. The standard InChI is InChI=1S/C21H25NO2/c1-14(2)5-9-19-15(3)11-18(23)13-17(19)8-6-16-7-10-20(22)21(12-16)24-4/h5-8,10-13,23H,9,22H2,1-4H3/b8-6+. The van der Waals surface area contributed by atoms with Crippen LogP contribution in [0.15, 0.2) is 42.0 Å². The van der Waals surface area contributed by atoms with Crippen molar-refractivity contribution < 1.29 is 9.84 Å². The van der Waals surface area contributed by atoms with Gasteiger partial charge in [-0.2, -0.15) is 0 Å². The number of aromatic hydroxyl groups is 1. The van der Waals surface area contributed by atoms with Gasteiger partial charge in [0.05, 0.1) is 12.8 Å². The van der Waals surface area contributed by atoms with Gasteiger partial charge in [-0.1, -0.05) is 29.9 Å². The molecule has 0 radical (unpaired) electrons. The predicted octanol–water partition coefficient (Wildman–Crippen LogP) is 4.97. The first kappa shape index (κ1) is 17.7. The smallest absolute Gasteiger partial charge is 0.142 e. The summed E-state index contributed by atoms with van der Waals surface area (Å²) < 4.78 is 5.26.